The fourth-order valence-corrected chi connectivity index (χ4v) is 3.95. The molecule has 0 radical (unpaired) electrons. The first-order valence-electron chi connectivity index (χ1n) is 8.57. The molecule has 1 aliphatic heterocycles. The van der Waals surface area contributed by atoms with Gasteiger partial charge in [-0.15, -0.1) is 0 Å². The van der Waals surface area contributed by atoms with Crippen molar-refractivity contribution < 1.29 is 19.0 Å². The summed E-state index contributed by atoms with van der Waals surface area (Å²) >= 11 is 0. The van der Waals surface area contributed by atoms with Crippen molar-refractivity contribution in [2.45, 2.75) is 45.3 Å². The molecule has 3 rings (SSSR count). The molecule has 2 amide bonds. The molecule has 2 atom stereocenters. The molecule has 1 aromatic rings. The molecule has 132 valence electrons. The largest absolute Gasteiger partial charge is 0.392 e. The van der Waals surface area contributed by atoms with Crippen LogP contribution in [0, 0.1) is 18.2 Å². The predicted octanol–water partition coefficient (Wildman–Crippen LogP) is 2.92. The van der Waals surface area contributed by atoms with E-state index in [1.165, 1.54) is 12.1 Å². The van der Waals surface area contributed by atoms with Crippen molar-refractivity contribution in [3.05, 3.63) is 29.6 Å². The van der Waals surface area contributed by atoms with Crippen molar-refractivity contribution in [2.75, 3.05) is 25.0 Å². The average molecular weight is 336 g/mol. The van der Waals surface area contributed by atoms with Crippen LogP contribution < -0.4 is 5.32 Å². The van der Waals surface area contributed by atoms with E-state index in [9.17, 15) is 14.3 Å². The lowest BCUT2D eigenvalue weighted by Gasteiger charge is -2.56. The zero-order valence-corrected chi connectivity index (χ0v) is 14.2. The Bertz CT molecular complexity index is 592. The van der Waals surface area contributed by atoms with Gasteiger partial charge >= 0.3 is 6.03 Å². The van der Waals surface area contributed by atoms with Crippen LogP contribution in [0.4, 0.5) is 14.9 Å². The Morgan fingerprint density at radius 1 is 1.42 bits per heavy atom. The minimum atomic E-state index is -0.361. The maximum absolute atomic E-state index is 13.4. The number of anilines is 1. The SMILES string of the molecule is CCO[C@H]1C[C@@H](O)C12CCN(C(=O)Nc1cc(C)cc(F)c1)CC2. The molecule has 2 N–H and O–H groups in total. The molecule has 1 aromatic carbocycles. The number of likely N-dealkylation sites (tertiary alicyclic amines) is 1. The van der Waals surface area contributed by atoms with E-state index >= 15 is 0 Å². The van der Waals surface area contributed by atoms with E-state index in [2.05, 4.69) is 5.32 Å². The van der Waals surface area contributed by atoms with E-state index in [0.29, 0.717) is 31.8 Å². The van der Waals surface area contributed by atoms with Crippen molar-refractivity contribution in [3.8, 4) is 0 Å². The number of carbonyl (C=O) groups excluding carboxylic acids is 1. The Labute approximate surface area is 141 Å². The molecule has 1 spiro atoms. The van der Waals surface area contributed by atoms with Gasteiger partial charge in [-0.25, -0.2) is 9.18 Å². The summed E-state index contributed by atoms with van der Waals surface area (Å²) in [6.07, 6.45) is 1.89. The number of hydrogen-bond donors (Lipinski definition) is 2. The summed E-state index contributed by atoms with van der Waals surface area (Å²) in [5, 5.41) is 13.0. The summed E-state index contributed by atoms with van der Waals surface area (Å²) in [4.78, 5) is 14.1. The van der Waals surface area contributed by atoms with Crippen LogP contribution in [-0.4, -0.2) is 47.9 Å². The number of amides is 2. The quantitative estimate of drug-likeness (QED) is 0.892. The fraction of sp³-hybridized carbons (Fsp3) is 0.611. The van der Waals surface area contributed by atoms with Crippen molar-refractivity contribution in [3.63, 3.8) is 0 Å². The summed E-state index contributed by atoms with van der Waals surface area (Å²) in [6, 6.07) is 4.26. The standard InChI is InChI=1S/C18H25FN2O3/c1-3-24-16-11-15(22)18(16)4-6-21(7-5-18)17(23)20-14-9-12(2)8-13(19)10-14/h8-10,15-16,22H,3-7,11H2,1-2H3,(H,20,23)/t15-,16+/m1/s1. The number of benzene rings is 1. The number of aliphatic hydroxyl groups is 1. The molecule has 0 unspecified atom stereocenters. The third-order valence-electron chi connectivity index (χ3n) is 5.39. The number of piperidine rings is 1. The van der Waals surface area contributed by atoms with E-state index in [0.717, 1.165) is 18.4 Å². The topological polar surface area (TPSA) is 61.8 Å². The highest BCUT2D eigenvalue weighted by Gasteiger charge is 2.56. The van der Waals surface area contributed by atoms with E-state index in [1.54, 1.807) is 17.9 Å². The average Bonchev–Trinajstić information content (AvgIpc) is 2.54. The zero-order valence-electron chi connectivity index (χ0n) is 14.2. The molecular weight excluding hydrogens is 311 g/mol. The van der Waals surface area contributed by atoms with Crippen LogP contribution in [0.2, 0.25) is 0 Å². The molecule has 24 heavy (non-hydrogen) atoms. The first kappa shape index (κ1) is 17.2. The van der Waals surface area contributed by atoms with Crippen molar-refractivity contribution >= 4 is 11.7 Å². The van der Waals surface area contributed by atoms with E-state index in [1.807, 2.05) is 6.92 Å². The number of nitrogens with one attached hydrogen (secondary N) is 1. The molecule has 0 aromatic heterocycles. The summed E-state index contributed by atoms with van der Waals surface area (Å²) in [5.41, 5.74) is 1.02. The third-order valence-corrected chi connectivity index (χ3v) is 5.39. The lowest BCUT2D eigenvalue weighted by molar-refractivity contribution is -0.207. The highest BCUT2D eigenvalue weighted by molar-refractivity contribution is 5.89. The van der Waals surface area contributed by atoms with Gasteiger partial charge in [-0.1, -0.05) is 0 Å². The lowest BCUT2D eigenvalue weighted by Crippen LogP contribution is -2.63. The van der Waals surface area contributed by atoms with Gasteiger partial charge < -0.3 is 20.1 Å². The van der Waals surface area contributed by atoms with Gasteiger partial charge in [-0.2, -0.15) is 0 Å². The zero-order chi connectivity index (χ0) is 17.3. The number of nitrogens with zero attached hydrogens (tertiary/aromatic N) is 1. The molecule has 5 nitrogen and oxygen atoms in total. The van der Waals surface area contributed by atoms with Gasteiger partial charge in [0, 0.05) is 37.2 Å². The summed E-state index contributed by atoms with van der Waals surface area (Å²) in [5.74, 6) is -0.361. The smallest absolute Gasteiger partial charge is 0.321 e. The number of aryl methyl sites for hydroxylation is 1. The van der Waals surface area contributed by atoms with E-state index in [-0.39, 0.29) is 29.5 Å². The van der Waals surface area contributed by atoms with Gasteiger partial charge in [0.1, 0.15) is 5.82 Å². The van der Waals surface area contributed by atoms with Crippen molar-refractivity contribution in [1.82, 2.24) is 4.90 Å². The summed E-state index contributed by atoms with van der Waals surface area (Å²) < 4.78 is 19.2. The Hall–Kier alpha value is -1.66. The first-order valence-corrected chi connectivity index (χ1v) is 8.57. The lowest BCUT2D eigenvalue weighted by atomic mass is 9.58. The summed E-state index contributed by atoms with van der Waals surface area (Å²) in [7, 11) is 0. The second-order valence-electron chi connectivity index (χ2n) is 6.86. The minimum absolute atomic E-state index is 0.0913. The second kappa shape index (κ2) is 6.69. The van der Waals surface area contributed by atoms with Crippen LogP contribution in [0.1, 0.15) is 31.7 Å². The number of hydrogen-bond acceptors (Lipinski definition) is 3. The highest BCUT2D eigenvalue weighted by atomic mass is 19.1. The van der Waals surface area contributed by atoms with Crippen molar-refractivity contribution in [2.24, 2.45) is 5.41 Å². The predicted molar refractivity (Wildman–Crippen MR) is 89.4 cm³/mol. The van der Waals surface area contributed by atoms with Crippen LogP contribution >= 0.6 is 0 Å². The molecule has 2 fully saturated rings. The van der Waals surface area contributed by atoms with Crippen LogP contribution in [0.3, 0.4) is 0 Å². The Morgan fingerprint density at radius 3 is 2.71 bits per heavy atom. The van der Waals surface area contributed by atoms with Crippen molar-refractivity contribution in [1.29, 1.82) is 0 Å². The number of halogens is 1. The van der Waals surface area contributed by atoms with E-state index in [4.69, 9.17) is 4.74 Å². The van der Waals surface area contributed by atoms with E-state index < -0.39 is 0 Å². The van der Waals surface area contributed by atoms with Gasteiger partial charge in [-0.3, -0.25) is 0 Å². The maximum Gasteiger partial charge on any atom is 0.321 e. The Kier molecular flexibility index (Phi) is 4.78. The highest BCUT2D eigenvalue weighted by Crippen LogP contribution is 2.50. The number of carbonyl (C=O) groups is 1. The van der Waals surface area contributed by atoms with Crippen LogP contribution in [0.15, 0.2) is 18.2 Å². The van der Waals surface area contributed by atoms with Crippen LogP contribution in [0.25, 0.3) is 0 Å². The molecular formula is C18H25FN2O3. The molecule has 0 bridgehead atoms. The molecule has 6 heteroatoms. The second-order valence-corrected chi connectivity index (χ2v) is 6.86. The first-order chi connectivity index (χ1) is 11.4. The molecule has 1 saturated heterocycles. The summed E-state index contributed by atoms with van der Waals surface area (Å²) in [6.45, 7) is 5.53. The van der Waals surface area contributed by atoms with Crippen LogP contribution in [-0.2, 0) is 4.74 Å². The number of urea groups is 1. The Morgan fingerprint density at radius 2 is 2.12 bits per heavy atom. The molecule has 1 saturated carbocycles. The maximum atomic E-state index is 13.4. The fourth-order valence-electron chi connectivity index (χ4n) is 3.95. The van der Waals surface area contributed by atoms with Gasteiger partial charge in [0.25, 0.3) is 0 Å². The van der Waals surface area contributed by atoms with Gasteiger partial charge in [0.2, 0.25) is 0 Å². The Balaban J connectivity index is 1.59. The normalized spacial score (nSPS) is 25.4. The third kappa shape index (κ3) is 3.13. The monoisotopic (exact) mass is 336 g/mol. The molecule has 2 aliphatic rings. The van der Waals surface area contributed by atoms with Gasteiger partial charge in [-0.05, 0) is 50.5 Å². The van der Waals surface area contributed by atoms with Gasteiger partial charge in [0.15, 0.2) is 0 Å². The van der Waals surface area contributed by atoms with Crippen LogP contribution in [0.5, 0.6) is 0 Å². The number of rotatable bonds is 3. The number of aliphatic hydroxyl groups excluding tert-OH is 1. The number of ether oxygens (including phenoxy) is 1. The minimum Gasteiger partial charge on any atom is -0.392 e. The van der Waals surface area contributed by atoms with Gasteiger partial charge in [0.05, 0.1) is 12.2 Å². The molecule has 1 heterocycles. The molecule has 1 aliphatic carbocycles.